The molecule has 0 radical (unpaired) electrons. The van der Waals surface area contributed by atoms with E-state index in [1.165, 1.54) is 28.4 Å². The zero-order chi connectivity index (χ0) is 14.3. The fourth-order valence-corrected chi connectivity index (χ4v) is 3.29. The summed E-state index contributed by atoms with van der Waals surface area (Å²) in [6.45, 7) is 5.98. The lowest BCUT2D eigenvalue weighted by molar-refractivity contribution is 0.578. The van der Waals surface area contributed by atoms with Crippen molar-refractivity contribution in [2.24, 2.45) is 7.05 Å². The van der Waals surface area contributed by atoms with Crippen LogP contribution in [0, 0.1) is 0 Å². The minimum atomic E-state index is -3.65. The highest BCUT2D eigenvalue weighted by Crippen LogP contribution is 2.28. The largest absolute Gasteiger partial charge is 0.274 e. The highest BCUT2D eigenvalue weighted by Gasteiger charge is 2.22. The van der Waals surface area contributed by atoms with E-state index in [4.69, 9.17) is 0 Å². The number of anilines is 1. The maximum absolute atomic E-state index is 12.0. The van der Waals surface area contributed by atoms with Crippen LogP contribution in [0.5, 0.6) is 0 Å². The summed E-state index contributed by atoms with van der Waals surface area (Å²) < 4.78 is 27.9. The first kappa shape index (κ1) is 13.9. The molecule has 0 unspecified atom stereocenters. The van der Waals surface area contributed by atoms with E-state index < -0.39 is 10.0 Å². The van der Waals surface area contributed by atoms with Crippen LogP contribution in [0.1, 0.15) is 25.8 Å². The monoisotopic (exact) mass is 301 g/mol. The van der Waals surface area contributed by atoms with Crippen molar-refractivity contribution in [3.63, 3.8) is 0 Å². The van der Waals surface area contributed by atoms with Crippen molar-refractivity contribution in [3.8, 4) is 0 Å². The number of nitrogens with one attached hydrogen (secondary N) is 1. The number of hydrogen-bond donors (Lipinski definition) is 1. The predicted octanol–water partition coefficient (Wildman–Crippen LogP) is 1.37. The molecule has 0 amide bonds. The van der Waals surface area contributed by atoms with E-state index in [1.54, 1.807) is 7.05 Å². The summed E-state index contributed by atoms with van der Waals surface area (Å²) in [6.07, 6.45) is 2.71. The van der Waals surface area contributed by atoms with Gasteiger partial charge in [0.25, 0.3) is 10.0 Å². The van der Waals surface area contributed by atoms with Crippen molar-refractivity contribution < 1.29 is 8.42 Å². The van der Waals surface area contributed by atoms with Gasteiger partial charge in [-0.1, -0.05) is 32.1 Å². The van der Waals surface area contributed by atoms with Gasteiger partial charge in [0.15, 0.2) is 0 Å². The van der Waals surface area contributed by atoms with Crippen molar-refractivity contribution in [3.05, 3.63) is 17.4 Å². The maximum atomic E-state index is 12.0. The Morgan fingerprint density at radius 3 is 2.47 bits per heavy atom. The fourth-order valence-electron chi connectivity index (χ4n) is 1.28. The minimum absolute atomic E-state index is 0.0995. The van der Waals surface area contributed by atoms with Crippen LogP contribution in [0.15, 0.2) is 17.3 Å². The first-order chi connectivity index (χ1) is 8.68. The van der Waals surface area contributed by atoms with Crippen LogP contribution >= 0.6 is 11.3 Å². The lowest BCUT2D eigenvalue weighted by Crippen LogP contribution is -2.12. The number of sulfonamides is 1. The van der Waals surface area contributed by atoms with E-state index in [0.29, 0.717) is 0 Å². The second-order valence-corrected chi connectivity index (χ2v) is 7.78. The van der Waals surface area contributed by atoms with E-state index in [2.05, 4.69) is 20.0 Å². The molecule has 0 fully saturated rings. The summed E-state index contributed by atoms with van der Waals surface area (Å²) in [4.78, 5) is 0.0995. The first-order valence-corrected chi connectivity index (χ1v) is 7.84. The van der Waals surface area contributed by atoms with Crippen LogP contribution in [-0.4, -0.2) is 28.4 Å². The van der Waals surface area contributed by atoms with Gasteiger partial charge in [0.05, 0.1) is 6.20 Å². The molecule has 9 heteroatoms. The molecule has 0 aliphatic heterocycles. The Balaban J connectivity index is 2.24. The Kier molecular flexibility index (Phi) is 3.35. The van der Waals surface area contributed by atoms with Crippen molar-refractivity contribution in [2.75, 3.05) is 4.72 Å². The lowest BCUT2D eigenvalue weighted by Gasteiger charge is -2.12. The van der Waals surface area contributed by atoms with Gasteiger partial charge in [-0.25, -0.2) is 8.42 Å². The third kappa shape index (κ3) is 3.10. The molecule has 0 saturated carbocycles. The molecule has 0 spiro atoms. The number of rotatable bonds is 3. The van der Waals surface area contributed by atoms with E-state index in [9.17, 15) is 8.42 Å². The molecule has 2 rings (SSSR count). The Labute approximate surface area is 115 Å². The molecular formula is C10H15N5O2S2. The van der Waals surface area contributed by atoms with Gasteiger partial charge in [0.1, 0.15) is 9.90 Å². The van der Waals surface area contributed by atoms with Gasteiger partial charge in [-0.15, -0.1) is 10.2 Å². The van der Waals surface area contributed by atoms with Gasteiger partial charge in [0.2, 0.25) is 5.13 Å². The molecule has 7 nitrogen and oxygen atoms in total. The molecule has 19 heavy (non-hydrogen) atoms. The number of hydrogen-bond acceptors (Lipinski definition) is 6. The van der Waals surface area contributed by atoms with Gasteiger partial charge in [-0.3, -0.25) is 9.40 Å². The van der Waals surface area contributed by atoms with Crippen LogP contribution < -0.4 is 4.72 Å². The maximum Gasteiger partial charge on any atom is 0.266 e. The van der Waals surface area contributed by atoms with Crippen molar-refractivity contribution >= 4 is 26.5 Å². The average Bonchev–Trinajstić information content (AvgIpc) is 2.85. The number of nitrogens with zero attached hydrogens (tertiary/aromatic N) is 4. The molecule has 1 N–H and O–H groups in total. The quantitative estimate of drug-likeness (QED) is 0.924. The molecule has 0 aliphatic rings. The Bertz CT molecular complexity index is 681. The molecule has 0 aliphatic carbocycles. The second kappa shape index (κ2) is 4.57. The van der Waals surface area contributed by atoms with E-state index in [-0.39, 0.29) is 15.4 Å². The molecule has 0 saturated heterocycles. The summed E-state index contributed by atoms with van der Waals surface area (Å²) in [5.74, 6) is 0. The molecule has 0 aromatic carbocycles. The Hall–Kier alpha value is -1.48. The summed E-state index contributed by atoms with van der Waals surface area (Å²) in [5.41, 5.74) is -0.157. The van der Waals surface area contributed by atoms with Gasteiger partial charge < -0.3 is 0 Å². The van der Waals surface area contributed by atoms with E-state index >= 15 is 0 Å². The highest BCUT2D eigenvalue weighted by atomic mass is 32.2. The minimum Gasteiger partial charge on any atom is -0.274 e. The van der Waals surface area contributed by atoms with Crippen molar-refractivity contribution in [1.82, 2.24) is 20.0 Å². The molecule has 2 aromatic heterocycles. The van der Waals surface area contributed by atoms with Gasteiger partial charge in [-0.2, -0.15) is 5.10 Å². The lowest BCUT2D eigenvalue weighted by atomic mass is 9.98. The first-order valence-electron chi connectivity index (χ1n) is 5.54. The summed E-state index contributed by atoms with van der Waals surface area (Å²) >= 11 is 1.23. The average molecular weight is 301 g/mol. The Morgan fingerprint density at radius 1 is 1.32 bits per heavy atom. The molecule has 104 valence electrons. The zero-order valence-corrected chi connectivity index (χ0v) is 12.7. The smallest absolute Gasteiger partial charge is 0.266 e. The number of aromatic nitrogens is 4. The van der Waals surface area contributed by atoms with Crippen LogP contribution in [0.4, 0.5) is 5.13 Å². The standard InChI is InChI=1S/C10H15N5O2S2/c1-10(2,3)8-12-13-9(18-8)14-19(16,17)7-5-11-15(4)6-7/h5-6H,1-4H3,(H,13,14). The predicted molar refractivity (Wildman–Crippen MR) is 72.6 cm³/mol. The normalized spacial score (nSPS) is 12.6. The SMILES string of the molecule is Cn1cc(S(=O)(=O)Nc2nnc(C(C)(C)C)s2)cn1. The Morgan fingerprint density at radius 2 is 2.00 bits per heavy atom. The molecule has 2 heterocycles. The van der Waals surface area contributed by atoms with E-state index in [0.717, 1.165) is 5.01 Å². The third-order valence-electron chi connectivity index (χ3n) is 2.28. The fraction of sp³-hybridized carbons (Fsp3) is 0.500. The van der Waals surface area contributed by atoms with Gasteiger partial charge in [0, 0.05) is 18.7 Å². The van der Waals surface area contributed by atoms with Crippen LogP contribution in [0.25, 0.3) is 0 Å². The zero-order valence-electron chi connectivity index (χ0n) is 11.1. The van der Waals surface area contributed by atoms with Crippen LogP contribution in [0.2, 0.25) is 0 Å². The van der Waals surface area contributed by atoms with E-state index in [1.807, 2.05) is 20.8 Å². The second-order valence-electron chi connectivity index (χ2n) is 5.12. The van der Waals surface area contributed by atoms with Crippen LogP contribution in [-0.2, 0) is 22.5 Å². The molecule has 0 bridgehead atoms. The highest BCUT2D eigenvalue weighted by molar-refractivity contribution is 7.93. The number of aryl methyl sites for hydroxylation is 1. The topological polar surface area (TPSA) is 89.8 Å². The summed E-state index contributed by atoms with van der Waals surface area (Å²) in [6, 6.07) is 0. The van der Waals surface area contributed by atoms with Gasteiger partial charge in [-0.05, 0) is 0 Å². The third-order valence-corrected chi connectivity index (χ3v) is 4.97. The summed E-state index contributed by atoms with van der Waals surface area (Å²) in [5, 5.41) is 12.7. The van der Waals surface area contributed by atoms with Gasteiger partial charge >= 0.3 is 0 Å². The van der Waals surface area contributed by atoms with Crippen molar-refractivity contribution in [1.29, 1.82) is 0 Å². The van der Waals surface area contributed by atoms with Crippen molar-refractivity contribution in [2.45, 2.75) is 31.1 Å². The van der Waals surface area contributed by atoms with Crippen LogP contribution in [0.3, 0.4) is 0 Å². The molecule has 2 aromatic rings. The summed E-state index contributed by atoms with van der Waals surface area (Å²) in [7, 11) is -2.00. The molecule has 0 atom stereocenters. The molecular weight excluding hydrogens is 286 g/mol.